The molecule has 0 aliphatic rings. The molecule has 0 radical (unpaired) electrons. The van der Waals surface area contributed by atoms with E-state index < -0.39 is 0 Å². The van der Waals surface area contributed by atoms with Crippen molar-refractivity contribution in [3.8, 4) is 0 Å². The Morgan fingerprint density at radius 3 is 2.35 bits per heavy atom. The van der Waals surface area contributed by atoms with Gasteiger partial charge >= 0.3 is 0 Å². The van der Waals surface area contributed by atoms with Crippen LogP contribution in [-0.4, -0.2) is 4.98 Å². The van der Waals surface area contributed by atoms with Gasteiger partial charge in [0, 0.05) is 24.1 Å². The van der Waals surface area contributed by atoms with Crippen LogP contribution >= 0.6 is 0 Å². The fourth-order valence-electron chi connectivity index (χ4n) is 1.82. The Balaban J connectivity index is 2.13. The van der Waals surface area contributed by atoms with Crippen LogP contribution in [0, 0.1) is 13.8 Å². The summed E-state index contributed by atoms with van der Waals surface area (Å²) in [5.41, 5.74) is 5.06. The summed E-state index contributed by atoms with van der Waals surface area (Å²) in [5.74, 6) is 0. The topological polar surface area (TPSA) is 24.9 Å². The molecule has 2 aromatic rings. The first-order chi connectivity index (χ1) is 8.16. The number of aryl methyl sites for hydroxylation is 2. The normalized spacial score (nSPS) is 12.2. The van der Waals surface area contributed by atoms with E-state index in [1.165, 1.54) is 16.7 Å². The second-order valence-electron chi connectivity index (χ2n) is 4.45. The molecule has 2 rings (SSSR count). The molecule has 17 heavy (non-hydrogen) atoms. The van der Waals surface area contributed by atoms with Crippen LogP contribution in [0.5, 0.6) is 0 Å². The van der Waals surface area contributed by atoms with Gasteiger partial charge in [-0.05, 0) is 61.7 Å². The van der Waals surface area contributed by atoms with Gasteiger partial charge in [-0.2, -0.15) is 0 Å². The molecule has 1 aromatic heterocycles. The predicted molar refractivity (Wildman–Crippen MR) is 72.2 cm³/mol. The zero-order valence-electron chi connectivity index (χ0n) is 10.6. The van der Waals surface area contributed by atoms with Crippen LogP contribution in [0.25, 0.3) is 0 Å². The second kappa shape index (κ2) is 5.00. The fourth-order valence-corrected chi connectivity index (χ4v) is 1.82. The lowest BCUT2D eigenvalue weighted by molar-refractivity contribution is 0.880. The van der Waals surface area contributed by atoms with Crippen molar-refractivity contribution in [2.75, 3.05) is 5.32 Å². The highest BCUT2D eigenvalue weighted by Crippen LogP contribution is 2.20. The zero-order valence-corrected chi connectivity index (χ0v) is 10.6. The number of rotatable bonds is 3. The van der Waals surface area contributed by atoms with Crippen LogP contribution in [0.2, 0.25) is 0 Å². The lowest BCUT2D eigenvalue weighted by Crippen LogP contribution is -2.06. The first-order valence-electron chi connectivity index (χ1n) is 5.90. The molecule has 0 spiro atoms. The minimum Gasteiger partial charge on any atom is -0.379 e. The van der Waals surface area contributed by atoms with Gasteiger partial charge in [-0.3, -0.25) is 4.98 Å². The summed E-state index contributed by atoms with van der Waals surface area (Å²) in [5, 5.41) is 3.50. The molecule has 0 amide bonds. The van der Waals surface area contributed by atoms with E-state index in [1.807, 2.05) is 24.5 Å². The maximum Gasteiger partial charge on any atom is 0.0486 e. The molecular weight excluding hydrogens is 208 g/mol. The van der Waals surface area contributed by atoms with Crippen molar-refractivity contribution in [2.45, 2.75) is 26.8 Å². The number of pyridine rings is 1. The molecule has 0 saturated carbocycles. The van der Waals surface area contributed by atoms with Gasteiger partial charge in [0.25, 0.3) is 0 Å². The van der Waals surface area contributed by atoms with Crippen molar-refractivity contribution >= 4 is 5.69 Å². The Bertz CT molecular complexity index is 492. The van der Waals surface area contributed by atoms with Crippen molar-refractivity contribution in [1.82, 2.24) is 4.98 Å². The molecule has 1 unspecified atom stereocenters. The molecule has 0 aliphatic heterocycles. The van der Waals surface area contributed by atoms with Gasteiger partial charge in [-0.15, -0.1) is 0 Å². The lowest BCUT2D eigenvalue weighted by Gasteiger charge is -2.16. The Morgan fingerprint density at radius 2 is 1.71 bits per heavy atom. The van der Waals surface area contributed by atoms with Crippen molar-refractivity contribution in [2.24, 2.45) is 0 Å². The van der Waals surface area contributed by atoms with E-state index in [-0.39, 0.29) is 0 Å². The SMILES string of the molecule is Cc1ccc(NC(C)c2ccncc2)cc1C. The smallest absolute Gasteiger partial charge is 0.0486 e. The molecule has 1 aromatic carbocycles. The molecular formula is C15H18N2. The quantitative estimate of drug-likeness (QED) is 0.859. The minimum atomic E-state index is 0.292. The summed E-state index contributed by atoms with van der Waals surface area (Å²) in [4.78, 5) is 4.03. The molecule has 0 fully saturated rings. The van der Waals surface area contributed by atoms with Gasteiger partial charge in [0.1, 0.15) is 0 Å². The Hall–Kier alpha value is -1.83. The predicted octanol–water partition coefficient (Wildman–Crippen LogP) is 3.87. The molecule has 2 heteroatoms. The van der Waals surface area contributed by atoms with Crippen molar-refractivity contribution in [1.29, 1.82) is 0 Å². The maximum atomic E-state index is 4.03. The Morgan fingerprint density at radius 1 is 1.00 bits per heavy atom. The summed E-state index contributed by atoms with van der Waals surface area (Å²) in [6.07, 6.45) is 3.65. The van der Waals surface area contributed by atoms with Crippen LogP contribution in [0.1, 0.15) is 29.7 Å². The van der Waals surface area contributed by atoms with E-state index in [0.29, 0.717) is 6.04 Å². The number of nitrogens with one attached hydrogen (secondary N) is 1. The lowest BCUT2D eigenvalue weighted by atomic mass is 10.1. The summed E-state index contributed by atoms with van der Waals surface area (Å²) in [6, 6.07) is 10.8. The van der Waals surface area contributed by atoms with Gasteiger partial charge in [-0.1, -0.05) is 6.07 Å². The summed E-state index contributed by atoms with van der Waals surface area (Å²) in [6.45, 7) is 6.42. The highest BCUT2D eigenvalue weighted by molar-refractivity contribution is 5.49. The summed E-state index contributed by atoms with van der Waals surface area (Å²) in [7, 11) is 0. The average Bonchev–Trinajstić information content (AvgIpc) is 2.35. The van der Waals surface area contributed by atoms with Gasteiger partial charge in [-0.25, -0.2) is 0 Å². The Kier molecular flexibility index (Phi) is 3.43. The molecule has 1 N–H and O–H groups in total. The van der Waals surface area contributed by atoms with E-state index in [0.717, 1.165) is 5.69 Å². The number of benzene rings is 1. The van der Waals surface area contributed by atoms with Crippen LogP contribution in [0.15, 0.2) is 42.7 Å². The summed E-state index contributed by atoms with van der Waals surface area (Å²) >= 11 is 0. The molecule has 0 saturated heterocycles. The highest BCUT2D eigenvalue weighted by Gasteiger charge is 2.04. The van der Waals surface area contributed by atoms with Gasteiger partial charge in [0.15, 0.2) is 0 Å². The van der Waals surface area contributed by atoms with E-state index in [1.54, 1.807) is 0 Å². The number of anilines is 1. The van der Waals surface area contributed by atoms with Crippen molar-refractivity contribution in [3.63, 3.8) is 0 Å². The van der Waals surface area contributed by atoms with Crippen LogP contribution in [0.3, 0.4) is 0 Å². The third-order valence-electron chi connectivity index (χ3n) is 3.10. The van der Waals surface area contributed by atoms with Crippen molar-refractivity contribution in [3.05, 3.63) is 59.4 Å². The number of hydrogen-bond donors (Lipinski definition) is 1. The van der Waals surface area contributed by atoms with Gasteiger partial charge in [0.2, 0.25) is 0 Å². The first-order valence-corrected chi connectivity index (χ1v) is 5.90. The first kappa shape index (κ1) is 11.6. The number of nitrogens with zero attached hydrogens (tertiary/aromatic N) is 1. The van der Waals surface area contributed by atoms with Gasteiger partial charge in [0.05, 0.1) is 0 Å². The molecule has 1 heterocycles. The fraction of sp³-hybridized carbons (Fsp3) is 0.267. The van der Waals surface area contributed by atoms with E-state index in [4.69, 9.17) is 0 Å². The summed E-state index contributed by atoms with van der Waals surface area (Å²) < 4.78 is 0. The largest absolute Gasteiger partial charge is 0.379 e. The average molecular weight is 226 g/mol. The monoisotopic (exact) mass is 226 g/mol. The van der Waals surface area contributed by atoms with Crippen LogP contribution in [-0.2, 0) is 0 Å². The molecule has 2 nitrogen and oxygen atoms in total. The molecule has 1 atom stereocenters. The second-order valence-corrected chi connectivity index (χ2v) is 4.45. The maximum absolute atomic E-state index is 4.03. The molecule has 0 aliphatic carbocycles. The standard InChI is InChI=1S/C15H18N2/c1-11-4-5-15(10-12(11)2)17-13(3)14-6-8-16-9-7-14/h4-10,13,17H,1-3H3. The number of hydrogen-bond acceptors (Lipinski definition) is 2. The minimum absolute atomic E-state index is 0.292. The highest BCUT2D eigenvalue weighted by atomic mass is 14.9. The van der Waals surface area contributed by atoms with E-state index in [9.17, 15) is 0 Å². The van der Waals surface area contributed by atoms with Crippen molar-refractivity contribution < 1.29 is 0 Å². The van der Waals surface area contributed by atoms with Crippen LogP contribution < -0.4 is 5.32 Å². The molecule has 88 valence electrons. The third kappa shape index (κ3) is 2.84. The molecule has 0 bridgehead atoms. The zero-order chi connectivity index (χ0) is 12.3. The van der Waals surface area contributed by atoms with Crippen LogP contribution in [0.4, 0.5) is 5.69 Å². The number of aromatic nitrogens is 1. The Labute approximate surface area is 103 Å². The third-order valence-corrected chi connectivity index (χ3v) is 3.10. The van der Waals surface area contributed by atoms with E-state index >= 15 is 0 Å². The van der Waals surface area contributed by atoms with E-state index in [2.05, 4.69) is 49.3 Å². The van der Waals surface area contributed by atoms with Gasteiger partial charge < -0.3 is 5.32 Å².